The largest absolute Gasteiger partial charge is 0.393 e. The minimum Gasteiger partial charge on any atom is -0.393 e. The maximum atomic E-state index is 12.9. The highest BCUT2D eigenvalue weighted by atomic mass is 16.5. The van der Waals surface area contributed by atoms with Crippen LogP contribution in [0.5, 0.6) is 0 Å². The molecule has 184 valence electrons. The quantitative estimate of drug-likeness (QED) is 0.711. The Morgan fingerprint density at radius 1 is 0.941 bits per heavy atom. The van der Waals surface area contributed by atoms with Gasteiger partial charge in [0, 0.05) is 51.7 Å². The summed E-state index contributed by atoms with van der Waals surface area (Å²) in [7, 11) is 0. The number of aliphatic hydroxyl groups excluding tert-OH is 1. The van der Waals surface area contributed by atoms with Gasteiger partial charge in [-0.2, -0.15) is 0 Å². The van der Waals surface area contributed by atoms with Crippen molar-refractivity contribution in [3.63, 3.8) is 0 Å². The van der Waals surface area contributed by atoms with Crippen LogP contribution < -0.4 is 0 Å². The summed E-state index contributed by atoms with van der Waals surface area (Å²) in [4.78, 5) is 20.1. The fourth-order valence-electron chi connectivity index (χ4n) is 6.17. The molecule has 0 aliphatic carbocycles. The summed E-state index contributed by atoms with van der Waals surface area (Å²) in [6, 6.07) is 15.8. The lowest BCUT2D eigenvalue weighted by molar-refractivity contribution is -0.133. The summed E-state index contributed by atoms with van der Waals surface area (Å²) in [5.74, 6) is 0.750. The molecule has 6 nitrogen and oxygen atoms in total. The van der Waals surface area contributed by atoms with Gasteiger partial charge in [0.15, 0.2) is 0 Å². The molecule has 1 N–H and O–H groups in total. The third kappa shape index (κ3) is 5.62. The minimum absolute atomic E-state index is 0.240. The van der Waals surface area contributed by atoms with E-state index in [-0.39, 0.29) is 12.0 Å². The number of benzene rings is 2. The molecule has 0 aromatic heterocycles. The van der Waals surface area contributed by atoms with Crippen LogP contribution in [0.15, 0.2) is 42.5 Å². The standard InChI is InChI=1S/C28H39N3O3/c32-25-10-14-31(15-11-25)28(33)9-8-24-21-29(13-12-27(24)30-16-18-34-19-17-30)20-23-6-3-5-22-4-1-2-7-26(22)23/h1-7,24-25,27,32H,8-21H2/t24-,27+/m0/s1. The molecule has 3 heterocycles. The first-order chi connectivity index (χ1) is 16.7. The molecule has 3 fully saturated rings. The smallest absolute Gasteiger partial charge is 0.222 e. The summed E-state index contributed by atoms with van der Waals surface area (Å²) in [6.45, 7) is 8.14. The number of fused-ring (bicyclic) bond motifs is 1. The number of aliphatic hydroxyl groups is 1. The fourth-order valence-corrected chi connectivity index (χ4v) is 6.17. The van der Waals surface area contributed by atoms with Gasteiger partial charge in [-0.05, 0) is 54.5 Å². The van der Waals surface area contributed by atoms with Crippen molar-refractivity contribution < 1.29 is 14.6 Å². The number of piperidine rings is 2. The zero-order valence-electron chi connectivity index (χ0n) is 20.3. The van der Waals surface area contributed by atoms with E-state index >= 15 is 0 Å². The first kappa shape index (κ1) is 23.7. The van der Waals surface area contributed by atoms with Gasteiger partial charge in [0.1, 0.15) is 0 Å². The van der Waals surface area contributed by atoms with Gasteiger partial charge < -0.3 is 14.7 Å². The van der Waals surface area contributed by atoms with Crippen LogP contribution in [0.1, 0.15) is 37.7 Å². The molecule has 0 saturated carbocycles. The van der Waals surface area contributed by atoms with Crippen molar-refractivity contribution in [1.29, 1.82) is 0 Å². The molecular formula is C28H39N3O3. The van der Waals surface area contributed by atoms with Crippen molar-refractivity contribution in [3.05, 3.63) is 48.0 Å². The molecule has 34 heavy (non-hydrogen) atoms. The molecule has 2 aromatic rings. The van der Waals surface area contributed by atoms with Gasteiger partial charge in [-0.1, -0.05) is 42.5 Å². The number of carbonyl (C=O) groups excluding carboxylic acids is 1. The number of ether oxygens (including phenoxy) is 1. The second-order valence-electron chi connectivity index (χ2n) is 10.3. The van der Waals surface area contributed by atoms with Crippen LogP contribution in [0.25, 0.3) is 10.8 Å². The first-order valence-corrected chi connectivity index (χ1v) is 13.1. The summed E-state index contributed by atoms with van der Waals surface area (Å²) < 4.78 is 5.62. The van der Waals surface area contributed by atoms with Gasteiger partial charge in [0.25, 0.3) is 0 Å². The topological polar surface area (TPSA) is 56.2 Å². The van der Waals surface area contributed by atoms with Crippen LogP contribution in [-0.4, -0.2) is 90.3 Å². The Morgan fingerprint density at radius 3 is 2.53 bits per heavy atom. The monoisotopic (exact) mass is 465 g/mol. The third-order valence-electron chi connectivity index (χ3n) is 8.11. The minimum atomic E-state index is -0.240. The molecule has 3 aliphatic heterocycles. The number of carbonyl (C=O) groups is 1. The van der Waals surface area contributed by atoms with Crippen LogP contribution >= 0.6 is 0 Å². The Kier molecular flexibility index (Phi) is 7.80. The summed E-state index contributed by atoms with van der Waals surface area (Å²) in [6.07, 6.45) is 3.89. The Bertz CT molecular complexity index is 948. The van der Waals surface area contributed by atoms with Crippen LogP contribution in [0.4, 0.5) is 0 Å². The number of nitrogens with zero attached hydrogens (tertiary/aromatic N) is 3. The average Bonchev–Trinajstić information content (AvgIpc) is 2.88. The van der Waals surface area contributed by atoms with E-state index in [9.17, 15) is 9.90 Å². The Balaban J connectivity index is 1.25. The molecule has 0 bridgehead atoms. The molecule has 2 atom stereocenters. The van der Waals surface area contributed by atoms with E-state index in [0.717, 1.165) is 58.8 Å². The lowest BCUT2D eigenvalue weighted by atomic mass is 9.86. The molecular weight excluding hydrogens is 426 g/mol. The van der Waals surface area contributed by atoms with Crippen LogP contribution in [0, 0.1) is 5.92 Å². The van der Waals surface area contributed by atoms with E-state index in [1.165, 1.54) is 16.3 Å². The SMILES string of the molecule is O=C(CC[C@H]1CN(Cc2cccc3ccccc23)CC[C@H]1N1CCOCC1)N1CCC(O)CC1. The highest BCUT2D eigenvalue weighted by Gasteiger charge is 2.34. The van der Waals surface area contributed by atoms with Gasteiger partial charge in [0.05, 0.1) is 19.3 Å². The molecule has 3 aliphatic rings. The van der Waals surface area contributed by atoms with E-state index in [1.54, 1.807) is 0 Å². The molecule has 0 radical (unpaired) electrons. The van der Waals surface area contributed by atoms with Crippen molar-refractivity contribution in [2.45, 2.75) is 50.8 Å². The van der Waals surface area contributed by atoms with Crippen LogP contribution in [0.2, 0.25) is 0 Å². The summed E-state index contributed by atoms with van der Waals surface area (Å²) in [5, 5.41) is 12.4. The van der Waals surface area contributed by atoms with Crippen molar-refractivity contribution in [2.75, 3.05) is 52.5 Å². The predicted octanol–water partition coefficient (Wildman–Crippen LogP) is 3.13. The van der Waals surface area contributed by atoms with E-state index in [1.807, 2.05) is 4.90 Å². The molecule has 3 saturated heterocycles. The van der Waals surface area contributed by atoms with Crippen molar-refractivity contribution in [3.8, 4) is 0 Å². The van der Waals surface area contributed by atoms with Crippen molar-refractivity contribution in [1.82, 2.24) is 14.7 Å². The number of amides is 1. The lowest BCUT2D eigenvalue weighted by Crippen LogP contribution is -2.54. The van der Waals surface area contributed by atoms with E-state index in [2.05, 4.69) is 52.3 Å². The van der Waals surface area contributed by atoms with Gasteiger partial charge in [-0.15, -0.1) is 0 Å². The molecule has 0 spiro atoms. The van der Waals surface area contributed by atoms with Gasteiger partial charge in [-0.3, -0.25) is 14.6 Å². The number of likely N-dealkylation sites (tertiary alicyclic amines) is 2. The normalized spacial score (nSPS) is 25.6. The highest BCUT2D eigenvalue weighted by Crippen LogP contribution is 2.29. The number of rotatable bonds is 6. The number of hydrogen-bond donors (Lipinski definition) is 1. The molecule has 5 rings (SSSR count). The zero-order valence-corrected chi connectivity index (χ0v) is 20.3. The maximum Gasteiger partial charge on any atom is 0.222 e. The maximum absolute atomic E-state index is 12.9. The zero-order chi connectivity index (χ0) is 23.3. The molecule has 0 unspecified atom stereocenters. The number of hydrogen-bond acceptors (Lipinski definition) is 5. The second kappa shape index (κ2) is 11.2. The molecule has 1 amide bonds. The van der Waals surface area contributed by atoms with Crippen molar-refractivity contribution >= 4 is 16.7 Å². The number of morpholine rings is 1. The van der Waals surface area contributed by atoms with Gasteiger partial charge in [-0.25, -0.2) is 0 Å². The highest BCUT2D eigenvalue weighted by molar-refractivity contribution is 5.85. The van der Waals surface area contributed by atoms with Crippen LogP contribution in [0.3, 0.4) is 0 Å². The van der Waals surface area contributed by atoms with Crippen molar-refractivity contribution in [2.24, 2.45) is 5.92 Å². The predicted molar refractivity (Wildman–Crippen MR) is 135 cm³/mol. The first-order valence-electron chi connectivity index (χ1n) is 13.1. The fraction of sp³-hybridized carbons (Fsp3) is 0.607. The Hall–Kier alpha value is -1.99. The molecule has 6 heteroatoms. The van der Waals surface area contributed by atoms with E-state index in [0.29, 0.717) is 44.3 Å². The molecule has 2 aromatic carbocycles. The van der Waals surface area contributed by atoms with Crippen LogP contribution in [-0.2, 0) is 16.1 Å². The summed E-state index contributed by atoms with van der Waals surface area (Å²) in [5.41, 5.74) is 1.39. The van der Waals surface area contributed by atoms with Gasteiger partial charge >= 0.3 is 0 Å². The average molecular weight is 466 g/mol. The third-order valence-corrected chi connectivity index (χ3v) is 8.11. The van der Waals surface area contributed by atoms with E-state index < -0.39 is 0 Å². The van der Waals surface area contributed by atoms with E-state index in [4.69, 9.17) is 4.74 Å². The summed E-state index contributed by atoms with van der Waals surface area (Å²) >= 11 is 0. The van der Waals surface area contributed by atoms with Gasteiger partial charge in [0.2, 0.25) is 5.91 Å². The Labute approximate surface area is 203 Å². The Morgan fingerprint density at radius 2 is 1.71 bits per heavy atom. The lowest BCUT2D eigenvalue weighted by Gasteiger charge is -2.45. The second-order valence-corrected chi connectivity index (χ2v) is 10.3.